The van der Waals surface area contributed by atoms with Gasteiger partial charge in [0.15, 0.2) is 11.5 Å². The smallest absolute Gasteiger partial charge is 0.416 e. The molecule has 0 unspecified atom stereocenters. The molecule has 0 spiro atoms. The molecule has 4 heterocycles. The number of carbonyl (C=O) groups excluding carboxylic acids is 1. The number of rotatable bonds is 8. The third-order valence-electron chi connectivity index (χ3n) is 7.09. The summed E-state index contributed by atoms with van der Waals surface area (Å²) >= 11 is 0. The van der Waals surface area contributed by atoms with Gasteiger partial charge in [0, 0.05) is 30.1 Å². The number of hydrogen-bond acceptors (Lipinski definition) is 7. The van der Waals surface area contributed by atoms with Crippen molar-refractivity contribution in [3.63, 3.8) is 0 Å². The van der Waals surface area contributed by atoms with Gasteiger partial charge in [-0.25, -0.2) is 19.6 Å². The molecule has 220 valence electrons. The van der Waals surface area contributed by atoms with E-state index in [9.17, 15) is 26.7 Å². The van der Waals surface area contributed by atoms with Gasteiger partial charge in [-0.05, 0) is 32.3 Å². The fourth-order valence-electron chi connectivity index (χ4n) is 4.91. The zero-order valence-corrected chi connectivity index (χ0v) is 22.5. The summed E-state index contributed by atoms with van der Waals surface area (Å²) in [6.45, 7) is 0.772. The molecule has 10 nitrogen and oxygen atoms in total. The minimum atomic E-state index is -4.57. The van der Waals surface area contributed by atoms with Crippen molar-refractivity contribution in [2.24, 2.45) is 0 Å². The van der Waals surface area contributed by atoms with Crippen LogP contribution in [0.1, 0.15) is 62.0 Å². The van der Waals surface area contributed by atoms with E-state index in [1.807, 2.05) is 0 Å². The summed E-state index contributed by atoms with van der Waals surface area (Å²) in [7, 11) is 0. The summed E-state index contributed by atoms with van der Waals surface area (Å²) in [6, 6.07) is 6.46. The number of anilines is 1. The molecule has 42 heavy (non-hydrogen) atoms. The van der Waals surface area contributed by atoms with Crippen LogP contribution in [0, 0.1) is 0 Å². The number of hydrogen-bond donors (Lipinski definition) is 0. The molecule has 15 heteroatoms. The molecule has 0 radical (unpaired) electrons. The zero-order chi connectivity index (χ0) is 29.8. The Kier molecular flexibility index (Phi) is 6.89. The summed E-state index contributed by atoms with van der Waals surface area (Å²) in [5, 5.41) is 4.49. The molecule has 4 aromatic rings. The SMILES string of the molecule is CC(C)n1cc(C(F)(F)F)nc1-c1ccc(CN2C(=O)CCn3nc(-c4c(OC(F)F)ncnc4C4CC4)nc32)cc1. The standard InChI is InChI=1S/C27H25F5N8O2/c1-14(2)38-12-18(27(30,31)32)35-23(38)17-5-3-15(4-6-17)11-39-19(41)9-10-40-26(39)36-22(37-40)20-21(16-7-8-16)33-13-34-24(20)42-25(28)29/h3-6,12-14,16,25H,7-11H2,1-2H3. The highest BCUT2D eigenvalue weighted by molar-refractivity contribution is 5.93. The molecule has 3 aromatic heterocycles. The Bertz CT molecular complexity index is 1630. The van der Waals surface area contributed by atoms with Crippen LogP contribution in [0.15, 0.2) is 36.8 Å². The van der Waals surface area contributed by atoms with Gasteiger partial charge >= 0.3 is 12.8 Å². The maximum absolute atomic E-state index is 13.3. The highest BCUT2D eigenvalue weighted by Gasteiger charge is 2.36. The summed E-state index contributed by atoms with van der Waals surface area (Å²) < 4.78 is 73.9. The van der Waals surface area contributed by atoms with Crippen LogP contribution >= 0.6 is 0 Å². The van der Waals surface area contributed by atoms with Gasteiger partial charge in [0.25, 0.3) is 0 Å². The lowest BCUT2D eigenvalue weighted by Crippen LogP contribution is -2.37. The number of alkyl halides is 5. The summed E-state index contributed by atoms with van der Waals surface area (Å²) in [5.41, 5.74) is 0.900. The maximum atomic E-state index is 13.3. The largest absolute Gasteiger partial charge is 0.434 e. The molecule has 1 aliphatic carbocycles. The second kappa shape index (κ2) is 10.4. The Morgan fingerprint density at radius 1 is 1.07 bits per heavy atom. The number of fused-ring (bicyclic) bond motifs is 1. The number of imidazole rings is 1. The molecule has 0 atom stereocenters. The lowest BCUT2D eigenvalue weighted by atomic mass is 10.1. The van der Waals surface area contributed by atoms with Crippen LogP contribution < -0.4 is 9.64 Å². The number of amides is 1. The molecule has 1 aromatic carbocycles. The van der Waals surface area contributed by atoms with Crippen molar-refractivity contribution in [3.05, 3.63) is 53.7 Å². The minimum absolute atomic E-state index is 0.0540. The van der Waals surface area contributed by atoms with Crippen LogP contribution in [0.5, 0.6) is 5.88 Å². The van der Waals surface area contributed by atoms with Crippen LogP contribution in [0.3, 0.4) is 0 Å². The Balaban J connectivity index is 1.30. The van der Waals surface area contributed by atoms with Crippen molar-refractivity contribution in [3.8, 4) is 28.7 Å². The highest BCUT2D eigenvalue weighted by atomic mass is 19.4. The third kappa shape index (κ3) is 5.30. The molecular weight excluding hydrogens is 563 g/mol. The Labute approximate surface area is 236 Å². The number of aromatic nitrogens is 7. The monoisotopic (exact) mass is 588 g/mol. The molecule has 1 aliphatic heterocycles. The van der Waals surface area contributed by atoms with Gasteiger partial charge in [0.2, 0.25) is 17.7 Å². The Morgan fingerprint density at radius 3 is 2.45 bits per heavy atom. The highest BCUT2D eigenvalue weighted by Crippen LogP contribution is 2.45. The fourth-order valence-corrected chi connectivity index (χ4v) is 4.91. The van der Waals surface area contributed by atoms with E-state index in [2.05, 4.69) is 29.8 Å². The van der Waals surface area contributed by atoms with Crippen molar-refractivity contribution in [2.75, 3.05) is 4.90 Å². The molecule has 1 fully saturated rings. The van der Waals surface area contributed by atoms with Crippen molar-refractivity contribution >= 4 is 11.9 Å². The second-order valence-corrected chi connectivity index (χ2v) is 10.4. The molecule has 0 saturated heterocycles. The van der Waals surface area contributed by atoms with Crippen molar-refractivity contribution in [1.29, 1.82) is 0 Å². The van der Waals surface area contributed by atoms with E-state index >= 15 is 0 Å². The third-order valence-corrected chi connectivity index (χ3v) is 7.09. The Hall–Kier alpha value is -4.43. The average Bonchev–Trinajstić information content (AvgIpc) is 3.51. The number of carbonyl (C=O) groups is 1. The lowest BCUT2D eigenvalue weighted by Gasteiger charge is -2.26. The summed E-state index contributed by atoms with van der Waals surface area (Å²) in [5.74, 6) is 0.000454. The van der Waals surface area contributed by atoms with E-state index in [4.69, 9.17) is 0 Å². The van der Waals surface area contributed by atoms with Crippen LogP contribution in [0.4, 0.5) is 27.9 Å². The first kappa shape index (κ1) is 27.7. The number of benzene rings is 1. The zero-order valence-electron chi connectivity index (χ0n) is 22.5. The van der Waals surface area contributed by atoms with Gasteiger partial charge < -0.3 is 9.30 Å². The molecular formula is C27H25F5N8O2. The Morgan fingerprint density at radius 2 is 1.81 bits per heavy atom. The lowest BCUT2D eigenvalue weighted by molar-refractivity contribution is -0.141. The van der Waals surface area contributed by atoms with Gasteiger partial charge in [-0.1, -0.05) is 24.3 Å². The number of aryl methyl sites for hydroxylation is 1. The van der Waals surface area contributed by atoms with Gasteiger partial charge in [0.05, 0.1) is 18.8 Å². The van der Waals surface area contributed by atoms with Crippen LogP contribution in [-0.4, -0.2) is 46.8 Å². The van der Waals surface area contributed by atoms with E-state index in [-0.39, 0.29) is 66.4 Å². The maximum Gasteiger partial charge on any atom is 0.434 e. The van der Waals surface area contributed by atoms with Crippen LogP contribution in [0.25, 0.3) is 22.8 Å². The van der Waals surface area contributed by atoms with E-state index in [1.54, 1.807) is 38.1 Å². The fraction of sp³-hybridized carbons (Fsp3) is 0.407. The molecule has 1 saturated carbocycles. The topological polar surface area (TPSA) is 104 Å². The minimum Gasteiger partial charge on any atom is -0.416 e. The molecule has 0 bridgehead atoms. The van der Waals surface area contributed by atoms with E-state index < -0.39 is 18.5 Å². The normalized spacial score (nSPS) is 15.5. The van der Waals surface area contributed by atoms with Gasteiger partial charge in [-0.2, -0.15) is 26.9 Å². The van der Waals surface area contributed by atoms with E-state index in [1.165, 1.54) is 20.5 Å². The van der Waals surface area contributed by atoms with Crippen molar-refractivity contribution < 1.29 is 31.5 Å². The first-order valence-corrected chi connectivity index (χ1v) is 13.3. The molecule has 2 aliphatic rings. The number of nitrogens with zero attached hydrogens (tertiary/aromatic N) is 8. The first-order valence-electron chi connectivity index (χ1n) is 13.3. The average molecular weight is 589 g/mol. The number of halogens is 5. The van der Waals surface area contributed by atoms with Gasteiger partial charge in [-0.15, -0.1) is 5.10 Å². The molecule has 0 N–H and O–H groups in total. The first-order chi connectivity index (χ1) is 20.0. The summed E-state index contributed by atoms with van der Waals surface area (Å²) in [4.78, 5) is 31.0. The van der Waals surface area contributed by atoms with E-state index in [0.29, 0.717) is 16.8 Å². The molecule has 1 amide bonds. The summed E-state index contributed by atoms with van der Waals surface area (Å²) in [6.07, 6.45) is -0.601. The predicted octanol–water partition coefficient (Wildman–Crippen LogP) is 5.61. The predicted molar refractivity (Wildman–Crippen MR) is 139 cm³/mol. The molecule has 6 rings (SSSR count). The van der Waals surface area contributed by atoms with E-state index in [0.717, 1.165) is 19.0 Å². The van der Waals surface area contributed by atoms with Crippen LogP contribution in [-0.2, 0) is 24.1 Å². The van der Waals surface area contributed by atoms with Crippen molar-refractivity contribution in [1.82, 2.24) is 34.3 Å². The van der Waals surface area contributed by atoms with Crippen LogP contribution in [0.2, 0.25) is 0 Å². The van der Waals surface area contributed by atoms with Gasteiger partial charge in [0.1, 0.15) is 17.7 Å². The quantitative estimate of drug-likeness (QED) is 0.246. The second-order valence-electron chi connectivity index (χ2n) is 10.4. The van der Waals surface area contributed by atoms with Crippen molar-refractivity contribution in [2.45, 2.75) is 70.9 Å². The van der Waals surface area contributed by atoms with Gasteiger partial charge in [-0.3, -0.25) is 9.69 Å². The number of ether oxygens (including phenoxy) is 1.